The topological polar surface area (TPSA) is 40.5 Å². The zero-order valence-electron chi connectivity index (χ0n) is 13.1. The quantitative estimate of drug-likeness (QED) is 0.802. The summed E-state index contributed by atoms with van der Waals surface area (Å²) < 4.78 is 0. The molecule has 116 valence electrons. The van der Waals surface area contributed by atoms with E-state index in [0.29, 0.717) is 24.0 Å². The number of piperidine rings is 1. The van der Waals surface area contributed by atoms with Gasteiger partial charge in [0.25, 0.3) is 0 Å². The summed E-state index contributed by atoms with van der Waals surface area (Å²) in [6.45, 7) is 3.94. The Morgan fingerprint density at radius 3 is 2.43 bits per heavy atom. The molecule has 1 aromatic carbocycles. The molecular formula is C18H27NO2. The van der Waals surface area contributed by atoms with Gasteiger partial charge in [0, 0.05) is 19.5 Å². The molecule has 1 aliphatic heterocycles. The molecule has 0 radical (unpaired) electrons. The van der Waals surface area contributed by atoms with Gasteiger partial charge in [0.05, 0.1) is 0 Å². The summed E-state index contributed by atoms with van der Waals surface area (Å²) in [6, 6.07) is 7.51. The number of carbonyl (C=O) groups is 1. The minimum absolute atomic E-state index is 0.318. The molecular weight excluding hydrogens is 262 g/mol. The average molecular weight is 289 g/mol. The van der Waals surface area contributed by atoms with E-state index in [9.17, 15) is 9.90 Å². The van der Waals surface area contributed by atoms with Crippen molar-refractivity contribution in [1.82, 2.24) is 4.90 Å². The molecule has 0 bridgehead atoms. The third kappa shape index (κ3) is 4.76. The lowest BCUT2D eigenvalue weighted by Gasteiger charge is -2.32. The SMILES string of the molecule is CCCCCCC(=O)N1CCC(c2ccc(O)cc2)CC1. The summed E-state index contributed by atoms with van der Waals surface area (Å²) in [7, 11) is 0. The van der Waals surface area contributed by atoms with Gasteiger partial charge in [-0.25, -0.2) is 0 Å². The molecule has 1 aliphatic rings. The first kappa shape index (κ1) is 15.9. The zero-order valence-corrected chi connectivity index (χ0v) is 13.1. The van der Waals surface area contributed by atoms with Gasteiger partial charge in [0.1, 0.15) is 5.75 Å². The fourth-order valence-electron chi connectivity index (χ4n) is 3.07. The summed E-state index contributed by atoms with van der Waals surface area (Å²) >= 11 is 0. The monoisotopic (exact) mass is 289 g/mol. The lowest BCUT2D eigenvalue weighted by Crippen LogP contribution is -2.37. The van der Waals surface area contributed by atoms with E-state index in [4.69, 9.17) is 0 Å². The molecule has 0 aliphatic carbocycles. The summed E-state index contributed by atoms with van der Waals surface area (Å²) in [6.07, 6.45) is 7.43. The summed E-state index contributed by atoms with van der Waals surface area (Å²) in [5, 5.41) is 9.34. The summed E-state index contributed by atoms with van der Waals surface area (Å²) in [5.41, 5.74) is 1.28. The van der Waals surface area contributed by atoms with Gasteiger partial charge in [-0.2, -0.15) is 0 Å². The molecule has 2 rings (SSSR count). The maximum absolute atomic E-state index is 12.1. The average Bonchev–Trinajstić information content (AvgIpc) is 2.52. The molecule has 21 heavy (non-hydrogen) atoms. The molecule has 0 unspecified atom stereocenters. The van der Waals surface area contributed by atoms with Gasteiger partial charge in [-0.3, -0.25) is 4.79 Å². The second-order valence-corrected chi connectivity index (χ2v) is 6.06. The van der Waals surface area contributed by atoms with E-state index >= 15 is 0 Å². The van der Waals surface area contributed by atoms with Crippen molar-refractivity contribution in [2.45, 2.75) is 57.8 Å². The van der Waals surface area contributed by atoms with Crippen LogP contribution in [0.1, 0.15) is 63.4 Å². The second-order valence-electron chi connectivity index (χ2n) is 6.06. The Labute approximate surface area is 128 Å². The lowest BCUT2D eigenvalue weighted by molar-refractivity contribution is -0.132. The number of hydrogen-bond donors (Lipinski definition) is 1. The first-order chi connectivity index (χ1) is 10.2. The maximum Gasteiger partial charge on any atom is 0.222 e. The van der Waals surface area contributed by atoms with E-state index in [-0.39, 0.29) is 0 Å². The van der Waals surface area contributed by atoms with E-state index in [1.54, 1.807) is 12.1 Å². The summed E-state index contributed by atoms with van der Waals surface area (Å²) in [5.74, 6) is 1.17. The van der Waals surface area contributed by atoms with E-state index < -0.39 is 0 Å². The van der Waals surface area contributed by atoms with Crippen molar-refractivity contribution < 1.29 is 9.90 Å². The molecule has 1 N–H and O–H groups in total. The van der Waals surface area contributed by atoms with Crippen molar-refractivity contribution >= 4 is 5.91 Å². The van der Waals surface area contributed by atoms with E-state index in [1.807, 2.05) is 17.0 Å². The summed E-state index contributed by atoms with van der Waals surface area (Å²) in [4.78, 5) is 14.2. The number of hydrogen-bond acceptors (Lipinski definition) is 2. The van der Waals surface area contributed by atoms with Crippen LogP contribution >= 0.6 is 0 Å². The van der Waals surface area contributed by atoms with E-state index in [0.717, 1.165) is 32.4 Å². The third-order valence-corrected chi connectivity index (χ3v) is 4.46. The zero-order chi connectivity index (χ0) is 15.1. The molecule has 0 spiro atoms. The van der Waals surface area contributed by atoms with Crippen molar-refractivity contribution in [1.29, 1.82) is 0 Å². The van der Waals surface area contributed by atoms with Crippen LogP contribution in [0.25, 0.3) is 0 Å². The Balaban J connectivity index is 1.75. The van der Waals surface area contributed by atoms with Crippen molar-refractivity contribution in [3.8, 4) is 5.75 Å². The van der Waals surface area contributed by atoms with Crippen molar-refractivity contribution in [3.63, 3.8) is 0 Å². The number of likely N-dealkylation sites (tertiary alicyclic amines) is 1. The largest absolute Gasteiger partial charge is 0.508 e. The number of carbonyl (C=O) groups excluding carboxylic acids is 1. The number of unbranched alkanes of at least 4 members (excludes halogenated alkanes) is 3. The highest BCUT2D eigenvalue weighted by atomic mass is 16.3. The van der Waals surface area contributed by atoms with Crippen molar-refractivity contribution in [3.05, 3.63) is 29.8 Å². The van der Waals surface area contributed by atoms with Crippen LogP contribution < -0.4 is 0 Å². The fourth-order valence-corrected chi connectivity index (χ4v) is 3.07. The number of benzene rings is 1. The molecule has 0 aromatic heterocycles. The van der Waals surface area contributed by atoms with Crippen LogP contribution in [0.4, 0.5) is 0 Å². The van der Waals surface area contributed by atoms with Gasteiger partial charge in [0.15, 0.2) is 0 Å². The minimum Gasteiger partial charge on any atom is -0.508 e. The standard InChI is InChI=1S/C18H27NO2/c1-2-3-4-5-6-18(21)19-13-11-16(12-14-19)15-7-9-17(20)10-8-15/h7-10,16,20H,2-6,11-14H2,1H3. The van der Waals surface area contributed by atoms with Gasteiger partial charge in [0.2, 0.25) is 5.91 Å². The Hall–Kier alpha value is -1.51. The number of rotatable bonds is 6. The van der Waals surface area contributed by atoms with Crippen LogP contribution in [-0.2, 0) is 4.79 Å². The van der Waals surface area contributed by atoms with Crippen LogP contribution in [0.2, 0.25) is 0 Å². The molecule has 0 atom stereocenters. The second kappa shape index (κ2) is 8.06. The van der Waals surface area contributed by atoms with Crippen LogP contribution in [0, 0.1) is 0 Å². The smallest absolute Gasteiger partial charge is 0.222 e. The van der Waals surface area contributed by atoms with Gasteiger partial charge in [-0.1, -0.05) is 38.3 Å². The Morgan fingerprint density at radius 1 is 1.14 bits per heavy atom. The van der Waals surface area contributed by atoms with Gasteiger partial charge in [-0.05, 0) is 42.9 Å². The minimum atomic E-state index is 0.318. The fraction of sp³-hybridized carbons (Fsp3) is 0.611. The predicted octanol–water partition coefficient (Wildman–Crippen LogP) is 4.07. The Kier molecular flexibility index (Phi) is 6.09. The number of nitrogens with zero attached hydrogens (tertiary/aromatic N) is 1. The predicted molar refractivity (Wildman–Crippen MR) is 85.4 cm³/mol. The van der Waals surface area contributed by atoms with Gasteiger partial charge < -0.3 is 10.0 Å². The third-order valence-electron chi connectivity index (χ3n) is 4.46. The highest BCUT2D eigenvalue weighted by molar-refractivity contribution is 5.76. The molecule has 1 amide bonds. The highest BCUT2D eigenvalue weighted by Crippen LogP contribution is 2.29. The molecule has 1 aromatic rings. The molecule has 0 saturated carbocycles. The highest BCUT2D eigenvalue weighted by Gasteiger charge is 2.23. The number of phenols is 1. The molecule has 3 nitrogen and oxygen atoms in total. The van der Waals surface area contributed by atoms with E-state index in [1.165, 1.54) is 24.8 Å². The number of aromatic hydroxyl groups is 1. The van der Waals surface area contributed by atoms with Gasteiger partial charge >= 0.3 is 0 Å². The maximum atomic E-state index is 12.1. The van der Waals surface area contributed by atoms with Crippen LogP contribution in [0.5, 0.6) is 5.75 Å². The van der Waals surface area contributed by atoms with Crippen LogP contribution in [0.3, 0.4) is 0 Å². The number of amides is 1. The molecule has 1 fully saturated rings. The Morgan fingerprint density at radius 2 is 1.81 bits per heavy atom. The van der Waals surface area contributed by atoms with Crippen LogP contribution in [-0.4, -0.2) is 29.0 Å². The van der Waals surface area contributed by atoms with Crippen molar-refractivity contribution in [2.75, 3.05) is 13.1 Å². The first-order valence-corrected chi connectivity index (χ1v) is 8.27. The molecule has 1 heterocycles. The van der Waals surface area contributed by atoms with Crippen molar-refractivity contribution in [2.24, 2.45) is 0 Å². The Bertz CT molecular complexity index is 433. The molecule has 1 saturated heterocycles. The first-order valence-electron chi connectivity index (χ1n) is 8.27. The van der Waals surface area contributed by atoms with Crippen LogP contribution in [0.15, 0.2) is 24.3 Å². The normalized spacial score (nSPS) is 16.1. The molecule has 3 heteroatoms. The number of phenolic OH excluding ortho intramolecular Hbond substituents is 1. The lowest BCUT2D eigenvalue weighted by atomic mass is 9.89. The van der Waals surface area contributed by atoms with Gasteiger partial charge in [-0.15, -0.1) is 0 Å². The van der Waals surface area contributed by atoms with E-state index in [2.05, 4.69) is 6.92 Å².